The summed E-state index contributed by atoms with van der Waals surface area (Å²) in [5.74, 6) is 0.462. The molecule has 1 aliphatic rings. The quantitative estimate of drug-likeness (QED) is 0.845. The van der Waals surface area contributed by atoms with Crippen molar-refractivity contribution >= 4 is 5.91 Å². The maximum atomic E-state index is 12.2. The minimum atomic E-state index is -0.572. The maximum absolute atomic E-state index is 12.2. The van der Waals surface area contributed by atoms with E-state index in [0.717, 1.165) is 26.2 Å². The van der Waals surface area contributed by atoms with Crippen molar-refractivity contribution in [2.75, 3.05) is 39.8 Å². The number of carbonyl (C=O) groups is 1. The lowest BCUT2D eigenvalue weighted by molar-refractivity contribution is -0.127. The van der Waals surface area contributed by atoms with E-state index in [-0.39, 0.29) is 5.91 Å². The van der Waals surface area contributed by atoms with E-state index in [2.05, 4.69) is 35.2 Å². The Bertz CT molecular complexity index is 574. The van der Waals surface area contributed by atoms with Gasteiger partial charge in [-0.2, -0.15) is 5.26 Å². The van der Waals surface area contributed by atoms with Crippen LogP contribution in [0.1, 0.15) is 19.4 Å². The third-order valence-electron chi connectivity index (χ3n) is 4.40. The highest BCUT2D eigenvalue weighted by molar-refractivity contribution is 5.80. The molecule has 0 saturated carbocycles. The summed E-state index contributed by atoms with van der Waals surface area (Å²) in [7, 11) is 2.13. The van der Waals surface area contributed by atoms with Crippen molar-refractivity contribution in [3.63, 3.8) is 0 Å². The van der Waals surface area contributed by atoms with Gasteiger partial charge in [-0.25, -0.2) is 0 Å². The molecule has 0 bridgehead atoms. The Morgan fingerprint density at radius 1 is 1.25 bits per heavy atom. The Hall–Kier alpha value is -2.10. The Morgan fingerprint density at radius 3 is 2.46 bits per heavy atom. The average molecular weight is 330 g/mol. The van der Waals surface area contributed by atoms with Crippen molar-refractivity contribution in [2.45, 2.75) is 26.0 Å². The zero-order valence-electron chi connectivity index (χ0n) is 14.7. The van der Waals surface area contributed by atoms with E-state index in [1.54, 1.807) is 31.2 Å². The molecule has 6 nitrogen and oxygen atoms in total. The molecule has 130 valence electrons. The Kier molecular flexibility index (Phi) is 6.59. The number of hydrogen-bond acceptors (Lipinski definition) is 5. The molecule has 1 aromatic rings. The summed E-state index contributed by atoms with van der Waals surface area (Å²) in [6.45, 7) is 8.68. The molecule has 0 unspecified atom stereocenters. The first kappa shape index (κ1) is 18.2. The molecular formula is C18H26N4O2. The average Bonchev–Trinajstić information content (AvgIpc) is 2.60. The second-order valence-electron chi connectivity index (χ2n) is 6.33. The predicted molar refractivity (Wildman–Crippen MR) is 92.8 cm³/mol. The van der Waals surface area contributed by atoms with Crippen LogP contribution in [-0.4, -0.2) is 67.6 Å². The van der Waals surface area contributed by atoms with E-state index in [1.165, 1.54) is 0 Å². The van der Waals surface area contributed by atoms with Crippen LogP contribution in [0.2, 0.25) is 0 Å². The van der Waals surface area contributed by atoms with Crippen LogP contribution in [0.3, 0.4) is 0 Å². The first-order chi connectivity index (χ1) is 11.5. The summed E-state index contributed by atoms with van der Waals surface area (Å²) in [4.78, 5) is 16.9. The number of nitriles is 1. The molecule has 2 rings (SSSR count). The number of carbonyl (C=O) groups excluding carboxylic acids is 1. The molecule has 6 heteroatoms. The number of benzene rings is 1. The lowest BCUT2D eigenvalue weighted by Crippen LogP contribution is -2.52. The monoisotopic (exact) mass is 330 g/mol. The molecule has 0 radical (unpaired) electrons. The van der Waals surface area contributed by atoms with Gasteiger partial charge in [-0.05, 0) is 45.2 Å². The van der Waals surface area contributed by atoms with Crippen molar-refractivity contribution in [3.8, 4) is 11.8 Å². The van der Waals surface area contributed by atoms with Crippen molar-refractivity contribution in [3.05, 3.63) is 29.8 Å². The van der Waals surface area contributed by atoms with Gasteiger partial charge in [-0.1, -0.05) is 0 Å². The summed E-state index contributed by atoms with van der Waals surface area (Å²) >= 11 is 0. The molecule has 1 aromatic carbocycles. The number of nitrogens with zero attached hydrogens (tertiary/aromatic N) is 3. The fourth-order valence-corrected chi connectivity index (χ4v) is 2.65. The second-order valence-corrected chi connectivity index (χ2v) is 6.33. The van der Waals surface area contributed by atoms with Crippen LogP contribution >= 0.6 is 0 Å². The van der Waals surface area contributed by atoms with Gasteiger partial charge in [-0.15, -0.1) is 0 Å². The highest BCUT2D eigenvalue weighted by Gasteiger charge is 2.21. The van der Waals surface area contributed by atoms with Crippen LogP contribution in [0, 0.1) is 11.3 Å². The predicted octanol–water partition coefficient (Wildman–Crippen LogP) is 1.08. The van der Waals surface area contributed by atoms with Crippen LogP contribution in [0.25, 0.3) is 0 Å². The summed E-state index contributed by atoms with van der Waals surface area (Å²) < 4.78 is 5.63. The summed E-state index contributed by atoms with van der Waals surface area (Å²) in [5.41, 5.74) is 0.570. The van der Waals surface area contributed by atoms with Crippen LogP contribution in [0.5, 0.6) is 5.75 Å². The number of ether oxygens (including phenoxy) is 1. The van der Waals surface area contributed by atoms with Crippen LogP contribution in [-0.2, 0) is 4.79 Å². The molecule has 1 heterocycles. The van der Waals surface area contributed by atoms with E-state index >= 15 is 0 Å². The molecule has 2 atom stereocenters. The summed E-state index contributed by atoms with van der Waals surface area (Å²) in [5, 5.41) is 11.7. The van der Waals surface area contributed by atoms with Gasteiger partial charge in [0.2, 0.25) is 0 Å². The van der Waals surface area contributed by atoms with Crippen molar-refractivity contribution in [2.24, 2.45) is 0 Å². The normalized spacial score (nSPS) is 18.4. The number of rotatable bonds is 6. The van der Waals surface area contributed by atoms with E-state index in [4.69, 9.17) is 10.00 Å². The smallest absolute Gasteiger partial charge is 0.260 e. The molecule has 1 N–H and O–H groups in total. The standard InChI is InChI=1S/C18H26N4O2/c1-14(22-10-8-21(3)9-11-22)13-20-18(23)15(2)24-17-6-4-16(12-19)5-7-17/h4-7,14-15H,8-11,13H2,1-3H3,(H,20,23)/t14-,15+/m1/s1. The molecule has 0 spiro atoms. The third kappa shape index (κ3) is 5.22. The highest BCUT2D eigenvalue weighted by Crippen LogP contribution is 2.13. The van der Waals surface area contributed by atoms with Gasteiger partial charge in [0.05, 0.1) is 11.6 Å². The Morgan fingerprint density at radius 2 is 1.88 bits per heavy atom. The number of likely N-dealkylation sites (N-methyl/N-ethyl adjacent to an activating group) is 1. The number of amides is 1. The molecule has 1 saturated heterocycles. The molecule has 0 aromatic heterocycles. The molecule has 0 aliphatic carbocycles. The topological polar surface area (TPSA) is 68.6 Å². The largest absolute Gasteiger partial charge is 0.481 e. The zero-order valence-corrected chi connectivity index (χ0v) is 14.7. The zero-order chi connectivity index (χ0) is 17.5. The lowest BCUT2D eigenvalue weighted by Gasteiger charge is -2.36. The van der Waals surface area contributed by atoms with Crippen LogP contribution in [0.4, 0.5) is 0 Å². The van der Waals surface area contributed by atoms with E-state index in [1.807, 2.05) is 0 Å². The van der Waals surface area contributed by atoms with Crippen LogP contribution in [0.15, 0.2) is 24.3 Å². The summed E-state index contributed by atoms with van der Waals surface area (Å²) in [6, 6.07) is 9.12. The van der Waals surface area contributed by atoms with E-state index in [9.17, 15) is 4.79 Å². The SMILES string of the molecule is C[C@H](Oc1ccc(C#N)cc1)C(=O)NC[C@@H](C)N1CCN(C)CC1. The molecule has 1 aliphatic heterocycles. The fourth-order valence-electron chi connectivity index (χ4n) is 2.65. The minimum absolute atomic E-state index is 0.125. The van der Waals surface area contributed by atoms with Crippen molar-refractivity contribution < 1.29 is 9.53 Å². The van der Waals surface area contributed by atoms with Gasteiger partial charge in [0.25, 0.3) is 5.91 Å². The van der Waals surface area contributed by atoms with E-state index < -0.39 is 6.10 Å². The highest BCUT2D eigenvalue weighted by atomic mass is 16.5. The second kappa shape index (κ2) is 8.67. The molecular weight excluding hydrogens is 304 g/mol. The lowest BCUT2D eigenvalue weighted by atomic mass is 10.2. The van der Waals surface area contributed by atoms with Gasteiger partial charge in [0.15, 0.2) is 6.10 Å². The van der Waals surface area contributed by atoms with Gasteiger partial charge in [0, 0.05) is 38.8 Å². The number of nitrogens with one attached hydrogen (secondary N) is 1. The molecule has 1 amide bonds. The van der Waals surface area contributed by atoms with Crippen molar-refractivity contribution in [1.29, 1.82) is 5.26 Å². The molecule has 1 fully saturated rings. The van der Waals surface area contributed by atoms with Gasteiger partial charge in [0.1, 0.15) is 5.75 Å². The fraction of sp³-hybridized carbons (Fsp3) is 0.556. The first-order valence-electron chi connectivity index (χ1n) is 8.36. The Labute approximate surface area is 144 Å². The van der Waals surface area contributed by atoms with Gasteiger partial charge >= 0.3 is 0 Å². The maximum Gasteiger partial charge on any atom is 0.260 e. The minimum Gasteiger partial charge on any atom is -0.481 e. The summed E-state index contributed by atoms with van der Waals surface area (Å²) in [6.07, 6.45) is -0.572. The van der Waals surface area contributed by atoms with Gasteiger partial charge in [-0.3, -0.25) is 9.69 Å². The Balaban J connectivity index is 1.75. The number of piperazine rings is 1. The van der Waals surface area contributed by atoms with Crippen LogP contribution < -0.4 is 10.1 Å². The number of hydrogen-bond donors (Lipinski definition) is 1. The van der Waals surface area contributed by atoms with Crippen molar-refractivity contribution in [1.82, 2.24) is 15.1 Å². The molecule has 24 heavy (non-hydrogen) atoms. The van der Waals surface area contributed by atoms with Gasteiger partial charge < -0.3 is 15.0 Å². The van der Waals surface area contributed by atoms with E-state index in [0.29, 0.717) is 23.9 Å². The first-order valence-corrected chi connectivity index (χ1v) is 8.36. The third-order valence-corrected chi connectivity index (χ3v) is 4.40.